The van der Waals surface area contributed by atoms with Gasteiger partial charge < -0.3 is 14.2 Å². The number of hydrogen-bond acceptors (Lipinski definition) is 4. The normalized spacial score (nSPS) is 24.6. The summed E-state index contributed by atoms with van der Waals surface area (Å²) in [6, 6.07) is -4.21. The summed E-state index contributed by atoms with van der Waals surface area (Å²) in [5.41, 5.74) is 0. The van der Waals surface area contributed by atoms with Crippen LogP contribution < -0.4 is 0 Å². The third-order valence-corrected chi connectivity index (χ3v) is 7.54. The molecule has 3 aliphatic rings. The van der Waals surface area contributed by atoms with Gasteiger partial charge in [-0.1, -0.05) is 45.4 Å². The molecule has 1 heterocycles. The first-order valence-electron chi connectivity index (χ1n) is 13.6. The lowest BCUT2D eigenvalue weighted by Gasteiger charge is -2.36. The highest BCUT2D eigenvalue weighted by Crippen LogP contribution is 2.40. The van der Waals surface area contributed by atoms with Gasteiger partial charge in [0.05, 0.1) is 18.4 Å². The van der Waals surface area contributed by atoms with E-state index in [2.05, 4.69) is 21.1 Å². The summed E-state index contributed by atoms with van der Waals surface area (Å²) < 4.78 is 116. The van der Waals surface area contributed by atoms with E-state index in [4.69, 9.17) is 0 Å². The highest BCUT2D eigenvalue weighted by Gasteiger charge is 2.61. The number of hydrogen-bond donors (Lipinski definition) is 0. The van der Waals surface area contributed by atoms with Gasteiger partial charge in [-0.3, -0.25) is 0 Å². The Hall–Kier alpha value is -0.720. The molecule has 2 saturated carbocycles. The molecule has 3 rings (SSSR count). The van der Waals surface area contributed by atoms with E-state index in [9.17, 15) is 35.1 Å². The first-order valence-corrected chi connectivity index (χ1v) is 13.6. The largest absolute Gasteiger partial charge is 0.434 e. The fraction of sp³-hybridized carbons (Fsp3) is 1.00. The molecule has 1 saturated heterocycles. The maximum atomic E-state index is 13.1. The Bertz CT molecular complexity index is 634. The molecule has 12 heteroatoms. The van der Waals surface area contributed by atoms with Crippen LogP contribution in [0.25, 0.3) is 0 Å². The first-order chi connectivity index (χ1) is 17.6. The van der Waals surface area contributed by atoms with Crippen LogP contribution >= 0.6 is 0 Å². The smallest absolute Gasteiger partial charge is 0.324 e. The molecule has 3 fully saturated rings. The number of rotatable bonds is 8. The molecule has 38 heavy (non-hydrogen) atoms. The molecule has 0 N–H and O–H groups in total. The second-order valence-electron chi connectivity index (χ2n) is 10.4. The van der Waals surface area contributed by atoms with Crippen LogP contribution in [-0.2, 0) is 14.2 Å². The predicted octanol–water partition coefficient (Wildman–Crippen LogP) is 8.55. The Labute approximate surface area is 221 Å². The molecule has 0 atom stereocenters. The molecule has 228 valence electrons. The molecule has 0 unspecified atom stereocenters. The lowest BCUT2D eigenvalue weighted by molar-refractivity contribution is -0.384. The maximum Gasteiger partial charge on any atom is 0.434 e. The van der Waals surface area contributed by atoms with Gasteiger partial charge in [0.1, 0.15) is 0 Å². The van der Waals surface area contributed by atoms with Crippen molar-refractivity contribution in [1.29, 1.82) is 0 Å². The minimum atomic E-state index is -4.41. The summed E-state index contributed by atoms with van der Waals surface area (Å²) in [5, 5.41) is 0. The van der Waals surface area contributed by atoms with Crippen molar-refractivity contribution >= 4 is 0 Å². The van der Waals surface area contributed by atoms with Crippen LogP contribution in [0.15, 0.2) is 0 Å². The molecular formula is C26H45F8NO3. The third kappa shape index (κ3) is 10.7. The quantitative estimate of drug-likeness (QED) is 0.216. The Morgan fingerprint density at radius 2 is 1.11 bits per heavy atom. The van der Waals surface area contributed by atoms with Crippen molar-refractivity contribution in [3.05, 3.63) is 0 Å². The van der Waals surface area contributed by atoms with Gasteiger partial charge in [-0.2, -0.15) is 35.1 Å². The summed E-state index contributed by atoms with van der Waals surface area (Å²) in [6.45, 7) is 3.80. The van der Waals surface area contributed by atoms with E-state index in [0.717, 1.165) is 45.6 Å². The second-order valence-corrected chi connectivity index (χ2v) is 10.4. The topological polar surface area (TPSA) is 30.9 Å². The van der Waals surface area contributed by atoms with Crippen LogP contribution in [0, 0.1) is 17.8 Å². The van der Waals surface area contributed by atoms with Crippen LogP contribution in [0.3, 0.4) is 0 Å². The third-order valence-electron chi connectivity index (χ3n) is 7.54. The molecular weight excluding hydrogens is 526 g/mol. The fourth-order valence-electron chi connectivity index (χ4n) is 4.99. The van der Waals surface area contributed by atoms with Crippen LogP contribution in [0.4, 0.5) is 35.1 Å². The zero-order valence-corrected chi connectivity index (χ0v) is 23.0. The standard InChI is InChI=1S/2C9H16F2O.C8H13F4NO/c1-7-3-5-8(6-4-7)9(10,11)12-2;1-2-12-9(10,11)8-6-4-3-5-7-8;1-14-8(11,12)7(9,10)13-5-3-2-4-6-13/h7-8H,3-6H2,1-2H3;8H,2-7H2,1H3;2-6H2,1H3. The van der Waals surface area contributed by atoms with Gasteiger partial charge in [-0.25, -0.2) is 4.90 Å². The summed E-state index contributed by atoms with van der Waals surface area (Å²) in [5.74, 6) is -0.487. The van der Waals surface area contributed by atoms with E-state index < -0.39 is 36.2 Å². The number of alkyl halides is 8. The molecule has 0 radical (unpaired) electrons. The van der Waals surface area contributed by atoms with Gasteiger partial charge in [-0.05, 0) is 51.4 Å². The summed E-state index contributed by atoms with van der Waals surface area (Å²) in [6.07, 6.45) is -1.15. The number of halogens is 8. The van der Waals surface area contributed by atoms with E-state index in [0.29, 0.717) is 56.5 Å². The van der Waals surface area contributed by atoms with Gasteiger partial charge in [0.15, 0.2) is 0 Å². The van der Waals surface area contributed by atoms with Crippen molar-refractivity contribution < 1.29 is 49.3 Å². The number of nitrogens with zero attached hydrogens (tertiary/aromatic N) is 1. The maximum absolute atomic E-state index is 13.1. The van der Waals surface area contributed by atoms with Gasteiger partial charge in [-0.15, -0.1) is 0 Å². The van der Waals surface area contributed by atoms with E-state index in [1.807, 2.05) is 0 Å². The zero-order chi connectivity index (χ0) is 29.0. The second kappa shape index (κ2) is 15.9. The Morgan fingerprint density at radius 3 is 1.55 bits per heavy atom. The Kier molecular flexibility index (Phi) is 14.8. The molecule has 4 nitrogen and oxygen atoms in total. The molecule has 0 aromatic heterocycles. The molecule has 0 aromatic carbocycles. The number of likely N-dealkylation sites (tertiary alicyclic amines) is 1. The molecule has 1 aliphatic heterocycles. The van der Waals surface area contributed by atoms with Crippen molar-refractivity contribution in [3.8, 4) is 0 Å². The highest BCUT2D eigenvalue weighted by molar-refractivity contribution is 4.80. The van der Waals surface area contributed by atoms with Crippen molar-refractivity contribution in [2.75, 3.05) is 33.9 Å². The van der Waals surface area contributed by atoms with E-state index in [1.165, 1.54) is 0 Å². The van der Waals surface area contributed by atoms with Crippen molar-refractivity contribution in [2.45, 2.75) is 115 Å². The molecule has 0 aromatic rings. The average molecular weight is 572 g/mol. The van der Waals surface area contributed by atoms with Gasteiger partial charge in [0.25, 0.3) is 0 Å². The molecule has 2 aliphatic carbocycles. The monoisotopic (exact) mass is 571 g/mol. The number of piperidine rings is 1. The average Bonchev–Trinajstić information content (AvgIpc) is 2.90. The number of methoxy groups -OCH3 is 2. The predicted molar refractivity (Wildman–Crippen MR) is 129 cm³/mol. The van der Waals surface area contributed by atoms with Crippen LogP contribution in [0.5, 0.6) is 0 Å². The van der Waals surface area contributed by atoms with Gasteiger partial charge in [0, 0.05) is 27.3 Å². The van der Waals surface area contributed by atoms with Crippen molar-refractivity contribution in [3.63, 3.8) is 0 Å². The van der Waals surface area contributed by atoms with E-state index >= 15 is 0 Å². The fourth-order valence-corrected chi connectivity index (χ4v) is 4.99. The minimum Gasteiger partial charge on any atom is -0.324 e. The highest BCUT2D eigenvalue weighted by atomic mass is 19.3. The summed E-state index contributed by atoms with van der Waals surface area (Å²) in [4.78, 5) is 0.486. The number of ether oxygens (including phenoxy) is 3. The SMILES string of the molecule is CCOC(F)(F)C1CCCCC1.COC(F)(F)C(F)(F)N1CCCCC1.COC(F)(F)C1CCC(C)CC1. The molecule has 0 spiro atoms. The van der Waals surface area contributed by atoms with E-state index in [-0.39, 0.29) is 19.7 Å². The van der Waals surface area contributed by atoms with Crippen molar-refractivity contribution in [1.82, 2.24) is 4.90 Å². The molecule has 0 amide bonds. The summed E-state index contributed by atoms with van der Waals surface area (Å²) >= 11 is 0. The van der Waals surface area contributed by atoms with Gasteiger partial charge >= 0.3 is 24.4 Å². The first kappa shape index (κ1) is 35.3. The lowest BCUT2D eigenvalue weighted by Crippen LogP contribution is -2.56. The van der Waals surface area contributed by atoms with Crippen molar-refractivity contribution in [2.24, 2.45) is 17.8 Å². The Morgan fingerprint density at radius 1 is 0.632 bits per heavy atom. The summed E-state index contributed by atoms with van der Waals surface area (Å²) in [7, 11) is 1.66. The lowest BCUT2D eigenvalue weighted by atomic mass is 9.82. The minimum absolute atomic E-state index is 0.00799. The van der Waals surface area contributed by atoms with Crippen LogP contribution in [0.2, 0.25) is 0 Å². The van der Waals surface area contributed by atoms with Gasteiger partial charge in [0.2, 0.25) is 0 Å². The van der Waals surface area contributed by atoms with Crippen LogP contribution in [-0.4, -0.2) is 63.2 Å². The van der Waals surface area contributed by atoms with Crippen LogP contribution in [0.1, 0.15) is 90.9 Å². The van der Waals surface area contributed by atoms with E-state index in [1.54, 1.807) is 6.92 Å². The Balaban J connectivity index is 0.000000286. The zero-order valence-electron chi connectivity index (χ0n) is 23.0. The molecule has 0 bridgehead atoms.